The van der Waals surface area contributed by atoms with Gasteiger partial charge in [-0.05, 0) is 61.7 Å². The maximum atomic E-state index is 14.1. The van der Waals surface area contributed by atoms with E-state index in [-0.39, 0.29) is 29.1 Å². The molecular weight excluding hydrogens is 554 g/mol. The molecule has 1 N–H and O–H groups in total. The number of ether oxygens (including phenoxy) is 2. The predicted octanol–water partition coefficient (Wildman–Crippen LogP) is 4.77. The van der Waals surface area contributed by atoms with Crippen molar-refractivity contribution in [2.45, 2.75) is 62.6 Å². The second kappa shape index (κ2) is 14.2. The van der Waals surface area contributed by atoms with Crippen LogP contribution in [0.15, 0.2) is 83.8 Å². The Bertz CT molecular complexity index is 1460. The molecule has 4 rings (SSSR count). The normalized spacial score (nSPS) is 14.5. The van der Waals surface area contributed by atoms with Crippen LogP contribution in [0.2, 0.25) is 0 Å². The Morgan fingerprint density at radius 2 is 1.52 bits per heavy atom. The van der Waals surface area contributed by atoms with Crippen molar-refractivity contribution < 1.29 is 27.5 Å². The molecule has 3 aromatic rings. The van der Waals surface area contributed by atoms with E-state index in [0.29, 0.717) is 11.5 Å². The number of hydrogen-bond acceptors (Lipinski definition) is 6. The molecule has 0 heterocycles. The lowest BCUT2D eigenvalue weighted by molar-refractivity contribution is -0.139. The summed E-state index contributed by atoms with van der Waals surface area (Å²) in [6.07, 6.45) is 5.07. The molecular formula is C32H39N3O6S. The molecule has 1 saturated carbocycles. The van der Waals surface area contributed by atoms with Crippen LogP contribution >= 0.6 is 0 Å². The molecule has 10 heteroatoms. The van der Waals surface area contributed by atoms with Gasteiger partial charge in [-0.1, -0.05) is 55.7 Å². The Morgan fingerprint density at radius 1 is 0.881 bits per heavy atom. The molecule has 0 spiro atoms. The van der Waals surface area contributed by atoms with Crippen molar-refractivity contribution in [1.82, 2.24) is 10.2 Å². The number of hydrogen-bond donors (Lipinski definition) is 1. The van der Waals surface area contributed by atoms with E-state index in [1.807, 2.05) is 12.1 Å². The number of sulfonamides is 1. The minimum Gasteiger partial charge on any atom is -0.497 e. The van der Waals surface area contributed by atoms with Gasteiger partial charge >= 0.3 is 0 Å². The molecule has 1 aliphatic carbocycles. The Hall–Kier alpha value is -4.05. The molecule has 224 valence electrons. The van der Waals surface area contributed by atoms with Crippen LogP contribution in [-0.4, -0.2) is 58.0 Å². The minimum atomic E-state index is -4.15. The van der Waals surface area contributed by atoms with Crippen LogP contribution in [0.3, 0.4) is 0 Å². The summed E-state index contributed by atoms with van der Waals surface area (Å²) in [6.45, 7) is 1.25. The first kappa shape index (κ1) is 30.9. The van der Waals surface area contributed by atoms with Crippen LogP contribution in [-0.2, 0) is 26.2 Å². The lowest BCUT2D eigenvalue weighted by atomic mass is 9.95. The third kappa shape index (κ3) is 7.61. The summed E-state index contributed by atoms with van der Waals surface area (Å²) in [5.41, 5.74) is 1.02. The molecule has 1 aliphatic rings. The van der Waals surface area contributed by atoms with Crippen LogP contribution in [0.1, 0.15) is 44.6 Å². The standard InChI is InChI=1S/C32H39N3O6S/c1-24(32(37)33-26-13-6-4-7-14-26)34(22-25-12-10-16-28(20-25)40-2)31(36)23-35(27-15-11-17-29(21-27)41-3)42(38,39)30-18-8-5-9-19-30/h5,8-12,15-21,24,26H,4,6-7,13-14,22-23H2,1-3H3,(H,33,37)/t24-/m0/s1. The highest BCUT2D eigenvalue weighted by Gasteiger charge is 2.33. The van der Waals surface area contributed by atoms with Gasteiger partial charge in [-0.15, -0.1) is 0 Å². The van der Waals surface area contributed by atoms with Gasteiger partial charge in [0.25, 0.3) is 10.0 Å². The molecule has 42 heavy (non-hydrogen) atoms. The summed E-state index contributed by atoms with van der Waals surface area (Å²) in [5, 5.41) is 3.11. The second-order valence-electron chi connectivity index (χ2n) is 10.4. The zero-order chi connectivity index (χ0) is 30.1. The monoisotopic (exact) mass is 593 g/mol. The van der Waals surface area contributed by atoms with Gasteiger partial charge < -0.3 is 19.7 Å². The first-order valence-electron chi connectivity index (χ1n) is 14.2. The lowest BCUT2D eigenvalue weighted by Gasteiger charge is -2.33. The molecule has 1 atom stereocenters. The van der Waals surface area contributed by atoms with E-state index in [9.17, 15) is 18.0 Å². The van der Waals surface area contributed by atoms with Gasteiger partial charge in [0.05, 0.1) is 24.8 Å². The van der Waals surface area contributed by atoms with E-state index < -0.39 is 28.5 Å². The van der Waals surface area contributed by atoms with Crippen molar-refractivity contribution in [3.05, 3.63) is 84.4 Å². The zero-order valence-electron chi connectivity index (χ0n) is 24.4. The summed E-state index contributed by atoms with van der Waals surface area (Å²) in [6, 6.07) is 21.0. The molecule has 0 saturated heterocycles. The van der Waals surface area contributed by atoms with Crippen molar-refractivity contribution in [1.29, 1.82) is 0 Å². The van der Waals surface area contributed by atoms with Crippen LogP contribution in [0, 0.1) is 0 Å². The van der Waals surface area contributed by atoms with Gasteiger partial charge in [-0.2, -0.15) is 0 Å². The number of amides is 2. The van der Waals surface area contributed by atoms with E-state index in [0.717, 1.165) is 42.0 Å². The summed E-state index contributed by atoms with van der Waals surface area (Å²) >= 11 is 0. The van der Waals surface area contributed by atoms with E-state index in [4.69, 9.17) is 9.47 Å². The van der Waals surface area contributed by atoms with E-state index in [1.165, 1.54) is 24.1 Å². The number of carbonyl (C=O) groups is 2. The van der Waals surface area contributed by atoms with Gasteiger partial charge in [0, 0.05) is 18.7 Å². The van der Waals surface area contributed by atoms with Gasteiger partial charge in [-0.25, -0.2) is 8.42 Å². The Balaban J connectivity index is 1.69. The minimum absolute atomic E-state index is 0.0445. The molecule has 0 aliphatic heterocycles. The summed E-state index contributed by atoms with van der Waals surface area (Å²) in [7, 11) is -1.10. The molecule has 9 nitrogen and oxygen atoms in total. The second-order valence-corrected chi connectivity index (χ2v) is 12.3. The average molecular weight is 594 g/mol. The third-order valence-electron chi connectivity index (χ3n) is 7.56. The first-order chi connectivity index (χ1) is 20.2. The number of carbonyl (C=O) groups excluding carboxylic acids is 2. The molecule has 3 aromatic carbocycles. The van der Waals surface area contributed by atoms with Gasteiger partial charge in [-0.3, -0.25) is 13.9 Å². The summed E-state index contributed by atoms with van der Waals surface area (Å²) in [4.78, 5) is 29.1. The van der Waals surface area contributed by atoms with Crippen LogP contribution < -0.4 is 19.1 Å². The van der Waals surface area contributed by atoms with Crippen molar-refractivity contribution in [3.63, 3.8) is 0 Å². The third-order valence-corrected chi connectivity index (χ3v) is 9.35. The number of nitrogens with zero attached hydrogens (tertiary/aromatic N) is 2. The number of benzene rings is 3. The summed E-state index contributed by atoms with van der Waals surface area (Å²) in [5.74, 6) is 0.272. The molecule has 2 amide bonds. The van der Waals surface area contributed by atoms with Gasteiger partial charge in [0.15, 0.2) is 0 Å². The smallest absolute Gasteiger partial charge is 0.264 e. The van der Waals surface area contributed by atoms with Crippen molar-refractivity contribution >= 4 is 27.5 Å². The Labute approximate surface area is 248 Å². The molecule has 0 unspecified atom stereocenters. The quantitative estimate of drug-likeness (QED) is 0.325. The van der Waals surface area contributed by atoms with Gasteiger partial charge in [0.2, 0.25) is 11.8 Å². The SMILES string of the molecule is COc1cccc(CN(C(=O)CN(c2cccc(OC)c2)S(=O)(=O)c2ccccc2)[C@@H](C)C(=O)NC2CCCCC2)c1. The highest BCUT2D eigenvalue weighted by atomic mass is 32.2. The van der Waals surface area contributed by atoms with Crippen molar-refractivity contribution in [2.75, 3.05) is 25.1 Å². The fourth-order valence-electron chi connectivity index (χ4n) is 5.13. The number of methoxy groups -OCH3 is 2. The first-order valence-corrected chi connectivity index (χ1v) is 15.6. The maximum Gasteiger partial charge on any atom is 0.264 e. The van der Waals surface area contributed by atoms with Gasteiger partial charge in [0.1, 0.15) is 24.1 Å². The average Bonchev–Trinajstić information content (AvgIpc) is 3.03. The lowest BCUT2D eigenvalue weighted by Crippen LogP contribution is -2.53. The van der Waals surface area contributed by atoms with Crippen LogP contribution in [0.25, 0.3) is 0 Å². The highest BCUT2D eigenvalue weighted by Crippen LogP contribution is 2.28. The molecule has 0 aromatic heterocycles. The molecule has 1 fully saturated rings. The van der Waals surface area contributed by atoms with Crippen molar-refractivity contribution in [3.8, 4) is 11.5 Å². The number of nitrogens with one attached hydrogen (secondary N) is 1. The Kier molecular flexibility index (Phi) is 10.5. The number of anilines is 1. The van der Waals surface area contributed by atoms with E-state index in [2.05, 4.69) is 5.32 Å². The maximum absolute atomic E-state index is 14.1. The van der Waals surface area contributed by atoms with E-state index in [1.54, 1.807) is 68.6 Å². The fourth-order valence-corrected chi connectivity index (χ4v) is 6.56. The predicted molar refractivity (Wildman–Crippen MR) is 162 cm³/mol. The Morgan fingerprint density at radius 3 is 2.19 bits per heavy atom. The fraction of sp³-hybridized carbons (Fsp3) is 0.375. The summed E-state index contributed by atoms with van der Waals surface area (Å²) < 4.78 is 39.6. The number of rotatable bonds is 12. The molecule has 0 radical (unpaired) electrons. The van der Waals surface area contributed by atoms with Crippen LogP contribution in [0.5, 0.6) is 11.5 Å². The van der Waals surface area contributed by atoms with E-state index >= 15 is 0 Å². The zero-order valence-corrected chi connectivity index (χ0v) is 25.2. The van der Waals surface area contributed by atoms with Crippen LogP contribution in [0.4, 0.5) is 5.69 Å². The van der Waals surface area contributed by atoms with Crippen molar-refractivity contribution in [2.24, 2.45) is 0 Å². The highest BCUT2D eigenvalue weighted by molar-refractivity contribution is 7.92. The topological polar surface area (TPSA) is 105 Å². The molecule has 0 bridgehead atoms. The largest absolute Gasteiger partial charge is 0.497 e.